The van der Waals surface area contributed by atoms with Crippen LogP contribution in [0.15, 0.2) is 0 Å². The average molecular weight is 214 g/mol. The van der Waals surface area contributed by atoms with Gasteiger partial charge in [-0.15, -0.1) is 0 Å². The van der Waals surface area contributed by atoms with Crippen LogP contribution in [0.1, 0.15) is 19.8 Å². The highest BCUT2D eigenvalue weighted by molar-refractivity contribution is 5.71. The molecule has 2 fully saturated rings. The van der Waals surface area contributed by atoms with Gasteiger partial charge >= 0.3 is 6.09 Å². The minimum absolute atomic E-state index is 0.00653. The molecule has 0 aromatic carbocycles. The lowest BCUT2D eigenvalue weighted by molar-refractivity contribution is -0.0124. The van der Waals surface area contributed by atoms with Crippen molar-refractivity contribution in [2.45, 2.75) is 31.4 Å². The summed E-state index contributed by atoms with van der Waals surface area (Å²) in [7, 11) is 0. The van der Waals surface area contributed by atoms with Crippen LogP contribution in [-0.4, -0.2) is 44.0 Å². The fraction of sp³-hybridized carbons (Fsp3) is 0.900. The SMILES string of the molecule is CCOCC1NC(=O)OC12CCNCC2. The predicted octanol–water partition coefficient (Wildman–Crippen LogP) is 0.254. The number of alkyl carbamates (subject to hydrolysis) is 1. The van der Waals surface area contributed by atoms with Crippen LogP contribution in [0.25, 0.3) is 0 Å². The quantitative estimate of drug-likeness (QED) is 0.707. The molecular weight excluding hydrogens is 196 g/mol. The zero-order valence-electron chi connectivity index (χ0n) is 9.04. The van der Waals surface area contributed by atoms with Crippen LogP contribution in [0.3, 0.4) is 0 Å². The van der Waals surface area contributed by atoms with E-state index in [0.29, 0.717) is 13.2 Å². The molecule has 1 unspecified atom stereocenters. The molecule has 86 valence electrons. The fourth-order valence-corrected chi connectivity index (χ4v) is 2.29. The highest BCUT2D eigenvalue weighted by atomic mass is 16.6. The first-order valence-corrected chi connectivity index (χ1v) is 5.55. The first-order valence-electron chi connectivity index (χ1n) is 5.55. The van der Waals surface area contributed by atoms with Gasteiger partial charge in [-0.3, -0.25) is 0 Å². The molecule has 0 bridgehead atoms. The molecule has 2 N–H and O–H groups in total. The number of nitrogens with one attached hydrogen (secondary N) is 2. The van der Waals surface area contributed by atoms with Gasteiger partial charge in [0.2, 0.25) is 0 Å². The van der Waals surface area contributed by atoms with E-state index in [4.69, 9.17) is 9.47 Å². The monoisotopic (exact) mass is 214 g/mol. The standard InChI is InChI=1S/C10H18N2O3/c1-2-14-7-8-10(15-9(13)12-8)3-5-11-6-4-10/h8,11H,2-7H2,1H3,(H,12,13). The third kappa shape index (κ3) is 2.08. The van der Waals surface area contributed by atoms with Gasteiger partial charge in [-0.2, -0.15) is 0 Å². The summed E-state index contributed by atoms with van der Waals surface area (Å²) < 4.78 is 10.8. The second kappa shape index (κ2) is 4.37. The van der Waals surface area contributed by atoms with Gasteiger partial charge in [0.05, 0.1) is 12.6 Å². The van der Waals surface area contributed by atoms with Gasteiger partial charge in [0.15, 0.2) is 0 Å². The van der Waals surface area contributed by atoms with Gasteiger partial charge in [0.1, 0.15) is 5.60 Å². The summed E-state index contributed by atoms with van der Waals surface area (Å²) in [5.74, 6) is 0. The van der Waals surface area contributed by atoms with E-state index in [1.165, 1.54) is 0 Å². The molecule has 1 atom stereocenters. The number of hydrogen-bond donors (Lipinski definition) is 2. The van der Waals surface area contributed by atoms with Crippen molar-refractivity contribution in [3.63, 3.8) is 0 Å². The lowest BCUT2D eigenvalue weighted by Crippen LogP contribution is -2.52. The highest BCUT2D eigenvalue weighted by Crippen LogP contribution is 2.31. The van der Waals surface area contributed by atoms with Crippen molar-refractivity contribution in [3.05, 3.63) is 0 Å². The zero-order chi connectivity index (χ0) is 10.7. The summed E-state index contributed by atoms with van der Waals surface area (Å²) in [4.78, 5) is 11.3. The molecule has 2 heterocycles. The fourth-order valence-electron chi connectivity index (χ4n) is 2.29. The molecule has 0 saturated carbocycles. The molecule has 5 heteroatoms. The van der Waals surface area contributed by atoms with Gasteiger partial charge in [-0.25, -0.2) is 4.79 Å². The Bertz CT molecular complexity index is 239. The van der Waals surface area contributed by atoms with Crippen LogP contribution in [0.5, 0.6) is 0 Å². The molecule has 0 radical (unpaired) electrons. The van der Waals surface area contributed by atoms with Crippen LogP contribution < -0.4 is 10.6 Å². The Morgan fingerprint density at radius 3 is 2.93 bits per heavy atom. The molecule has 2 aliphatic heterocycles. The predicted molar refractivity (Wildman–Crippen MR) is 54.7 cm³/mol. The molecule has 0 aromatic rings. The highest BCUT2D eigenvalue weighted by Gasteiger charge is 2.49. The van der Waals surface area contributed by atoms with Crippen molar-refractivity contribution in [2.75, 3.05) is 26.3 Å². The Hall–Kier alpha value is -0.810. The molecule has 0 aromatic heterocycles. The van der Waals surface area contributed by atoms with E-state index >= 15 is 0 Å². The number of amides is 1. The van der Waals surface area contributed by atoms with Gasteiger partial charge in [-0.1, -0.05) is 0 Å². The largest absolute Gasteiger partial charge is 0.441 e. The van der Waals surface area contributed by atoms with Gasteiger partial charge < -0.3 is 20.1 Å². The second-order valence-electron chi connectivity index (χ2n) is 4.06. The van der Waals surface area contributed by atoms with Gasteiger partial charge in [0.25, 0.3) is 0 Å². The van der Waals surface area contributed by atoms with Crippen molar-refractivity contribution in [1.82, 2.24) is 10.6 Å². The van der Waals surface area contributed by atoms with Crippen LogP contribution >= 0.6 is 0 Å². The van der Waals surface area contributed by atoms with E-state index in [0.717, 1.165) is 25.9 Å². The smallest absolute Gasteiger partial charge is 0.408 e. The molecule has 1 spiro atoms. The summed E-state index contributed by atoms with van der Waals surface area (Å²) >= 11 is 0. The zero-order valence-corrected chi connectivity index (χ0v) is 9.04. The van der Waals surface area contributed by atoms with Crippen molar-refractivity contribution < 1.29 is 14.3 Å². The normalized spacial score (nSPS) is 28.9. The lowest BCUT2D eigenvalue weighted by atomic mass is 9.86. The summed E-state index contributed by atoms with van der Waals surface area (Å²) in [6.45, 7) is 4.96. The van der Waals surface area contributed by atoms with Gasteiger partial charge in [-0.05, 0) is 20.0 Å². The molecule has 1 amide bonds. The van der Waals surface area contributed by atoms with Crippen LogP contribution in [0.4, 0.5) is 4.79 Å². The minimum Gasteiger partial charge on any atom is -0.441 e. The van der Waals surface area contributed by atoms with Crippen molar-refractivity contribution >= 4 is 6.09 Å². The van der Waals surface area contributed by atoms with E-state index in [9.17, 15) is 4.79 Å². The Kier molecular flexibility index (Phi) is 3.11. The Labute approximate surface area is 89.5 Å². The van der Waals surface area contributed by atoms with Crippen molar-refractivity contribution in [3.8, 4) is 0 Å². The molecule has 5 nitrogen and oxygen atoms in total. The van der Waals surface area contributed by atoms with Gasteiger partial charge in [0, 0.05) is 19.4 Å². The topological polar surface area (TPSA) is 59.6 Å². The summed E-state index contributed by atoms with van der Waals surface area (Å²) in [5, 5.41) is 6.10. The number of carbonyl (C=O) groups is 1. The summed E-state index contributed by atoms with van der Waals surface area (Å²) in [5.41, 5.74) is -0.336. The van der Waals surface area contributed by atoms with Crippen LogP contribution in [0, 0.1) is 0 Å². The maximum Gasteiger partial charge on any atom is 0.408 e. The van der Waals surface area contributed by atoms with E-state index in [2.05, 4.69) is 10.6 Å². The minimum atomic E-state index is -0.336. The molecule has 2 saturated heterocycles. The Balaban J connectivity index is 2.02. The third-order valence-corrected chi connectivity index (χ3v) is 3.16. The number of hydrogen-bond acceptors (Lipinski definition) is 4. The Morgan fingerprint density at radius 2 is 2.27 bits per heavy atom. The van der Waals surface area contributed by atoms with Crippen LogP contribution in [0.2, 0.25) is 0 Å². The molecule has 15 heavy (non-hydrogen) atoms. The van der Waals surface area contributed by atoms with Crippen LogP contribution in [-0.2, 0) is 9.47 Å². The number of ether oxygens (including phenoxy) is 2. The summed E-state index contributed by atoms with van der Waals surface area (Å²) in [6.07, 6.45) is 1.43. The molecular formula is C10H18N2O3. The maximum atomic E-state index is 11.3. The van der Waals surface area contributed by atoms with E-state index in [1.807, 2.05) is 6.92 Å². The number of carbonyl (C=O) groups excluding carboxylic acids is 1. The molecule has 2 rings (SSSR count). The first-order chi connectivity index (χ1) is 7.27. The lowest BCUT2D eigenvalue weighted by Gasteiger charge is -2.35. The van der Waals surface area contributed by atoms with E-state index in [1.54, 1.807) is 0 Å². The molecule has 0 aliphatic carbocycles. The third-order valence-electron chi connectivity index (χ3n) is 3.16. The number of piperidine rings is 1. The Morgan fingerprint density at radius 1 is 1.53 bits per heavy atom. The second-order valence-corrected chi connectivity index (χ2v) is 4.06. The summed E-state index contributed by atoms with van der Waals surface area (Å²) in [6, 6.07) is 0.00653. The van der Waals surface area contributed by atoms with E-state index < -0.39 is 0 Å². The first kappa shape index (κ1) is 10.7. The average Bonchev–Trinajstić information content (AvgIpc) is 2.53. The molecule has 2 aliphatic rings. The number of rotatable bonds is 3. The van der Waals surface area contributed by atoms with E-state index in [-0.39, 0.29) is 17.7 Å². The van der Waals surface area contributed by atoms with Crippen molar-refractivity contribution in [2.24, 2.45) is 0 Å². The van der Waals surface area contributed by atoms with Crippen molar-refractivity contribution in [1.29, 1.82) is 0 Å². The maximum absolute atomic E-state index is 11.3.